The van der Waals surface area contributed by atoms with Crippen LogP contribution in [0.4, 0.5) is 0 Å². The number of hydrogen-bond donors (Lipinski definition) is 0. The van der Waals surface area contributed by atoms with Crippen molar-refractivity contribution in [3.63, 3.8) is 0 Å². The summed E-state index contributed by atoms with van der Waals surface area (Å²) < 4.78 is 11.7. The molecule has 5 heteroatoms. The SMILES string of the molecule is COC(=O)C12[C@@H]3[C@@H]([C@@H]4C[C@H]3c3ccccc34)C(C(=O)OC)([C@@H]3[C@H]1[C@@H]1C[C@H]3c3ccccc31)N2Cc1ccccc1. The van der Waals surface area contributed by atoms with Crippen molar-refractivity contribution < 1.29 is 19.1 Å². The topological polar surface area (TPSA) is 55.8 Å². The van der Waals surface area contributed by atoms with Gasteiger partial charge in [-0.25, -0.2) is 0 Å². The molecular formula is C35H33NO4. The monoisotopic (exact) mass is 531 g/mol. The third-order valence-electron chi connectivity index (χ3n) is 12.2. The molecule has 4 fully saturated rings. The number of hydrogen-bond acceptors (Lipinski definition) is 5. The van der Waals surface area contributed by atoms with Crippen molar-refractivity contribution in [3.8, 4) is 0 Å². The highest BCUT2D eigenvalue weighted by atomic mass is 16.5. The Hall–Kier alpha value is -3.44. The molecule has 2 saturated carbocycles. The van der Waals surface area contributed by atoms with E-state index < -0.39 is 11.1 Å². The fraction of sp³-hybridized carbons (Fsp3) is 0.429. The van der Waals surface area contributed by atoms with Crippen LogP contribution in [0.25, 0.3) is 0 Å². The Bertz CT molecular complexity index is 1410. The first-order valence-corrected chi connectivity index (χ1v) is 14.8. The molecule has 0 radical (unpaired) electrons. The number of ether oxygens (including phenoxy) is 2. The average Bonchev–Trinajstić information content (AvgIpc) is 3.83. The van der Waals surface area contributed by atoms with Gasteiger partial charge in [0.05, 0.1) is 14.2 Å². The Labute approximate surface area is 234 Å². The van der Waals surface area contributed by atoms with Gasteiger partial charge in [0.25, 0.3) is 0 Å². The smallest absolute Gasteiger partial charge is 0.326 e. The van der Waals surface area contributed by atoms with E-state index in [0.29, 0.717) is 6.54 Å². The molecule has 0 aromatic heterocycles. The molecule has 2 heterocycles. The van der Waals surface area contributed by atoms with Crippen molar-refractivity contribution in [1.29, 1.82) is 0 Å². The number of rotatable bonds is 4. The summed E-state index contributed by atoms with van der Waals surface area (Å²) in [6.07, 6.45) is 1.99. The lowest BCUT2D eigenvalue weighted by Crippen LogP contribution is -2.60. The summed E-state index contributed by atoms with van der Waals surface area (Å²) in [6, 6.07) is 27.9. The van der Waals surface area contributed by atoms with Gasteiger partial charge >= 0.3 is 11.9 Å². The quantitative estimate of drug-likeness (QED) is 0.424. The second-order valence-electron chi connectivity index (χ2n) is 13.0. The number of carbonyl (C=O) groups excluding carboxylic acids is 2. The maximum Gasteiger partial charge on any atom is 0.326 e. The Morgan fingerprint density at radius 3 is 1.32 bits per heavy atom. The third-order valence-corrected chi connectivity index (χ3v) is 12.2. The van der Waals surface area contributed by atoms with Crippen LogP contribution in [0.5, 0.6) is 0 Å². The van der Waals surface area contributed by atoms with Crippen LogP contribution in [-0.2, 0) is 25.6 Å². The van der Waals surface area contributed by atoms with Crippen molar-refractivity contribution in [2.45, 2.75) is 54.1 Å². The van der Waals surface area contributed by atoms with Crippen molar-refractivity contribution in [2.24, 2.45) is 23.7 Å². The molecule has 0 N–H and O–H groups in total. The number of esters is 2. The van der Waals surface area contributed by atoms with E-state index in [1.165, 1.54) is 22.3 Å². The summed E-state index contributed by atoms with van der Waals surface area (Å²) >= 11 is 0. The van der Waals surface area contributed by atoms with Crippen LogP contribution in [0.3, 0.4) is 0 Å². The predicted octanol–water partition coefficient (Wildman–Crippen LogP) is 5.37. The molecule has 10 atom stereocenters. The van der Waals surface area contributed by atoms with Crippen LogP contribution in [0.2, 0.25) is 0 Å². The second kappa shape index (κ2) is 7.64. The van der Waals surface area contributed by atoms with E-state index in [9.17, 15) is 9.59 Å². The van der Waals surface area contributed by atoms with Gasteiger partial charge in [0.2, 0.25) is 0 Å². The molecule has 202 valence electrons. The van der Waals surface area contributed by atoms with Gasteiger partial charge in [-0.3, -0.25) is 14.5 Å². The van der Waals surface area contributed by atoms with E-state index in [0.717, 1.165) is 18.4 Å². The summed E-state index contributed by atoms with van der Waals surface area (Å²) in [5.41, 5.74) is 4.78. The first-order valence-electron chi connectivity index (χ1n) is 14.8. The highest BCUT2D eigenvalue weighted by molar-refractivity contribution is 5.93. The lowest BCUT2D eigenvalue weighted by Gasteiger charge is -2.51. The molecule has 6 aliphatic rings. The molecular weight excluding hydrogens is 498 g/mol. The molecule has 5 nitrogen and oxygen atoms in total. The van der Waals surface area contributed by atoms with Gasteiger partial charge in [-0.05, 0) is 64.3 Å². The largest absolute Gasteiger partial charge is 0.468 e. The molecule has 6 bridgehead atoms. The van der Waals surface area contributed by atoms with Crippen LogP contribution in [0.1, 0.15) is 64.3 Å². The Morgan fingerprint density at radius 2 is 0.975 bits per heavy atom. The summed E-state index contributed by atoms with van der Waals surface area (Å²) in [5.74, 6) is 0.627. The van der Waals surface area contributed by atoms with Crippen LogP contribution >= 0.6 is 0 Å². The van der Waals surface area contributed by atoms with E-state index in [4.69, 9.17) is 9.47 Å². The van der Waals surface area contributed by atoms with Crippen LogP contribution in [-0.4, -0.2) is 42.1 Å². The predicted molar refractivity (Wildman–Crippen MR) is 149 cm³/mol. The normalized spacial score (nSPS) is 40.5. The summed E-state index contributed by atoms with van der Waals surface area (Å²) in [4.78, 5) is 31.7. The van der Waals surface area contributed by atoms with Gasteiger partial charge < -0.3 is 9.47 Å². The molecule has 2 unspecified atom stereocenters. The van der Waals surface area contributed by atoms with Crippen molar-refractivity contribution >= 4 is 11.9 Å². The fourth-order valence-corrected chi connectivity index (χ4v) is 11.7. The van der Waals surface area contributed by atoms with Gasteiger partial charge in [-0.2, -0.15) is 0 Å². The molecule has 2 saturated heterocycles. The molecule has 40 heavy (non-hydrogen) atoms. The third kappa shape index (κ3) is 2.28. The lowest BCUT2D eigenvalue weighted by atomic mass is 9.49. The van der Waals surface area contributed by atoms with E-state index >= 15 is 0 Å². The summed E-state index contributed by atoms with van der Waals surface area (Å²) in [5, 5.41) is 0. The number of benzene rings is 3. The van der Waals surface area contributed by atoms with Crippen molar-refractivity contribution in [2.75, 3.05) is 14.2 Å². The standard InChI is InChI=1S/C35H33NO4/c1-39-32(37)34-28-24-16-26(22-14-8-6-12-20(22)24)30(28)35(33(38)40-2,36(34)18-19-10-4-3-5-11-19)31-27-17-25(29(31)34)21-13-7-9-15-23(21)27/h3-15,24-31H,16-18H2,1-2H3/t24-,25+,26+,27-,28-,29+,30+,31-,34?,35?. The van der Waals surface area contributed by atoms with Gasteiger partial charge in [0.15, 0.2) is 0 Å². The molecule has 3 aromatic rings. The van der Waals surface area contributed by atoms with Crippen LogP contribution < -0.4 is 0 Å². The zero-order chi connectivity index (χ0) is 27.0. The number of methoxy groups -OCH3 is 2. The minimum Gasteiger partial charge on any atom is -0.468 e. The molecule has 4 aliphatic carbocycles. The van der Waals surface area contributed by atoms with Crippen molar-refractivity contribution in [3.05, 3.63) is 107 Å². The van der Waals surface area contributed by atoms with E-state index in [2.05, 4.69) is 65.6 Å². The minimum absolute atomic E-state index is 0.00965. The molecule has 0 amide bonds. The van der Waals surface area contributed by atoms with Gasteiger partial charge in [0, 0.05) is 30.2 Å². The Balaban J connectivity index is 1.37. The van der Waals surface area contributed by atoms with Gasteiger partial charge in [0.1, 0.15) is 11.1 Å². The number of fused-ring (bicyclic) bond motifs is 22. The summed E-state index contributed by atoms with van der Waals surface area (Å²) in [7, 11) is 3.08. The Morgan fingerprint density at radius 1 is 0.625 bits per heavy atom. The highest BCUT2D eigenvalue weighted by Gasteiger charge is 2.91. The van der Waals surface area contributed by atoms with Crippen molar-refractivity contribution in [1.82, 2.24) is 4.90 Å². The first-order chi connectivity index (χ1) is 19.6. The summed E-state index contributed by atoms with van der Waals surface area (Å²) in [6.45, 7) is 0.524. The number of nitrogens with zero attached hydrogens (tertiary/aromatic N) is 1. The first kappa shape index (κ1) is 23.3. The lowest BCUT2D eigenvalue weighted by molar-refractivity contribution is -0.163. The molecule has 0 spiro atoms. The van der Waals surface area contributed by atoms with E-state index in [1.54, 1.807) is 14.2 Å². The maximum atomic E-state index is 14.7. The van der Waals surface area contributed by atoms with Gasteiger partial charge in [-0.15, -0.1) is 0 Å². The second-order valence-corrected chi connectivity index (χ2v) is 13.0. The molecule has 9 rings (SSSR count). The van der Waals surface area contributed by atoms with Gasteiger partial charge in [-0.1, -0.05) is 78.9 Å². The maximum absolute atomic E-state index is 14.7. The average molecular weight is 532 g/mol. The minimum atomic E-state index is -0.895. The van der Waals surface area contributed by atoms with E-state index in [1.807, 2.05) is 18.2 Å². The molecule has 3 aromatic carbocycles. The van der Waals surface area contributed by atoms with Crippen LogP contribution in [0.15, 0.2) is 78.9 Å². The highest BCUT2D eigenvalue weighted by Crippen LogP contribution is 2.84. The zero-order valence-corrected chi connectivity index (χ0v) is 22.8. The number of carbonyl (C=O) groups is 2. The van der Waals surface area contributed by atoms with E-state index in [-0.39, 0.29) is 59.3 Å². The van der Waals surface area contributed by atoms with Crippen LogP contribution in [0, 0.1) is 23.7 Å². The fourth-order valence-electron chi connectivity index (χ4n) is 11.7. The Kier molecular flexibility index (Phi) is 4.45. The zero-order valence-electron chi connectivity index (χ0n) is 22.8. The molecule has 2 aliphatic heterocycles.